The Morgan fingerprint density at radius 3 is 1.80 bits per heavy atom. The maximum absolute atomic E-state index is 12.0. The number of rotatable bonds is 11. The first kappa shape index (κ1) is 17.5. The maximum atomic E-state index is 12.0. The topological polar surface area (TPSA) is 20.3 Å². The summed E-state index contributed by atoms with van der Waals surface area (Å²) >= 11 is 0. The normalized spacial score (nSPS) is 15.6. The van der Waals surface area contributed by atoms with Crippen LogP contribution >= 0.6 is 0 Å². The van der Waals surface area contributed by atoms with Crippen LogP contribution in [0.4, 0.5) is 0 Å². The molecule has 2 heteroatoms. The summed E-state index contributed by atoms with van der Waals surface area (Å²) in [6.07, 6.45) is 17.9. The summed E-state index contributed by atoms with van der Waals surface area (Å²) in [7, 11) is 0. The van der Waals surface area contributed by atoms with E-state index in [0.29, 0.717) is 5.91 Å². The third-order valence-corrected chi connectivity index (χ3v) is 4.45. The first-order valence-corrected chi connectivity index (χ1v) is 9.12. The van der Waals surface area contributed by atoms with E-state index in [4.69, 9.17) is 0 Å². The van der Waals surface area contributed by atoms with Crippen LogP contribution in [0, 0.1) is 0 Å². The molecule has 118 valence electrons. The Labute approximate surface area is 126 Å². The Bertz CT molecular complexity index is 234. The molecule has 0 spiro atoms. The first-order chi connectivity index (χ1) is 9.84. The van der Waals surface area contributed by atoms with Gasteiger partial charge in [0.15, 0.2) is 0 Å². The molecule has 0 saturated carbocycles. The molecular weight excluding hydrogens is 246 g/mol. The maximum Gasteiger partial charge on any atom is 0.222 e. The molecular formula is C18H35NO. The zero-order valence-electron chi connectivity index (χ0n) is 13.7. The summed E-state index contributed by atoms with van der Waals surface area (Å²) in [6.45, 7) is 4.29. The minimum absolute atomic E-state index is 0.407. The van der Waals surface area contributed by atoms with Crippen molar-refractivity contribution in [3.8, 4) is 0 Å². The second-order valence-corrected chi connectivity index (χ2v) is 6.37. The number of unbranched alkanes of at least 4 members (excludes halogenated alkanes) is 9. The Hall–Kier alpha value is -0.530. The van der Waals surface area contributed by atoms with Crippen molar-refractivity contribution >= 4 is 5.91 Å². The molecule has 0 aromatic rings. The number of likely N-dealkylation sites (tertiary alicyclic amines) is 1. The van der Waals surface area contributed by atoms with E-state index < -0.39 is 0 Å². The molecule has 0 aliphatic carbocycles. The van der Waals surface area contributed by atoms with Gasteiger partial charge in [0.25, 0.3) is 0 Å². The van der Waals surface area contributed by atoms with Gasteiger partial charge in [0, 0.05) is 19.5 Å². The van der Waals surface area contributed by atoms with Crippen molar-refractivity contribution in [2.45, 2.75) is 96.8 Å². The lowest BCUT2D eigenvalue weighted by Crippen LogP contribution is -2.35. The molecule has 1 heterocycles. The summed E-state index contributed by atoms with van der Waals surface area (Å²) in [5.74, 6) is 0.407. The van der Waals surface area contributed by atoms with Crippen LogP contribution in [0.25, 0.3) is 0 Å². The van der Waals surface area contributed by atoms with Gasteiger partial charge in [-0.3, -0.25) is 4.79 Å². The summed E-state index contributed by atoms with van der Waals surface area (Å²) in [6, 6.07) is 0. The van der Waals surface area contributed by atoms with Crippen molar-refractivity contribution in [3.63, 3.8) is 0 Å². The number of hydrogen-bond donors (Lipinski definition) is 0. The molecule has 1 amide bonds. The van der Waals surface area contributed by atoms with E-state index in [-0.39, 0.29) is 0 Å². The molecule has 2 nitrogen and oxygen atoms in total. The quantitative estimate of drug-likeness (QED) is 0.470. The van der Waals surface area contributed by atoms with Gasteiger partial charge in [0.05, 0.1) is 0 Å². The second-order valence-electron chi connectivity index (χ2n) is 6.37. The van der Waals surface area contributed by atoms with E-state index in [1.54, 1.807) is 0 Å². The lowest BCUT2D eigenvalue weighted by Gasteiger charge is -2.26. The molecule has 1 fully saturated rings. The minimum Gasteiger partial charge on any atom is -0.343 e. The van der Waals surface area contributed by atoms with Gasteiger partial charge >= 0.3 is 0 Å². The average molecular weight is 281 g/mol. The van der Waals surface area contributed by atoms with Gasteiger partial charge in [-0.1, -0.05) is 64.7 Å². The number of carbonyl (C=O) groups excluding carboxylic acids is 1. The number of carbonyl (C=O) groups is 1. The van der Waals surface area contributed by atoms with E-state index in [1.807, 2.05) is 0 Å². The molecule has 0 atom stereocenters. The zero-order chi connectivity index (χ0) is 14.5. The standard InChI is InChI=1S/C18H35NO/c1-2-3-4-5-6-7-8-9-10-12-15-18(20)19-16-13-11-14-17-19/h2-17H2,1H3. The molecule has 0 aromatic heterocycles. The zero-order valence-corrected chi connectivity index (χ0v) is 13.7. The fourth-order valence-electron chi connectivity index (χ4n) is 3.07. The highest BCUT2D eigenvalue weighted by atomic mass is 16.2. The second kappa shape index (κ2) is 12.2. The fourth-order valence-corrected chi connectivity index (χ4v) is 3.07. The Balaban J connectivity index is 1.83. The summed E-state index contributed by atoms with van der Waals surface area (Å²) in [5, 5.41) is 0. The largest absolute Gasteiger partial charge is 0.343 e. The van der Waals surface area contributed by atoms with Crippen LogP contribution < -0.4 is 0 Å². The predicted molar refractivity (Wildman–Crippen MR) is 86.9 cm³/mol. The van der Waals surface area contributed by atoms with Gasteiger partial charge in [0.2, 0.25) is 5.91 Å². The molecule has 0 N–H and O–H groups in total. The van der Waals surface area contributed by atoms with Crippen molar-refractivity contribution in [1.29, 1.82) is 0 Å². The molecule has 0 aromatic carbocycles. The van der Waals surface area contributed by atoms with Crippen LogP contribution in [0.2, 0.25) is 0 Å². The Kier molecular flexibility index (Phi) is 10.7. The first-order valence-electron chi connectivity index (χ1n) is 9.12. The van der Waals surface area contributed by atoms with E-state index in [1.165, 1.54) is 77.0 Å². The molecule has 0 radical (unpaired) electrons. The third-order valence-electron chi connectivity index (χ3n) is 4.45. The molecule has 20 heavy (non-hydrogen) atoms. The highest BCUT2D eigenvalue weighted by molar-refractivity contribution is 5.76. The fraction of sp³-hybridized carbons (Fsp3) is 0.944. The number of amides is 1. The highest BCUT2D eigenvalue weighted by Gasteiger charge is 2.15. The van der Waals surface area contributed by atoms with E-state index in [2.05, 4.69) is 11.8 Å². The molecule has 1 rings (SSSR count). The molecule has 1 aliphatic heterocycles. The number of piperidine rings is 1. The highest BCUT2D eigenvalue weighted by Crippen LogP contribution is 2.14. The number of nitrogens with zero attached hydrogens (tertiary/aromatic N) is 1. The SMILES string of the molecule is CCCCCCCCCCCCC(=O)N1CCCCC1. The van der Waals surface area contributed by atoms with Crippen LogP contribution in [0.15, 0.2) is 0 Å². The van der Waals surface area contributed by atoms with Crippen molar-refractivity contribution in [3.05, 3.63) is 0 Å². The lowest BCUT2D eigenvalue weighted by atomic mass is 10.1. The van der Waals surface area contributed by atoms with Crippen LogP contribution in [-0.4, -0.2) is 23.9 Å². The van der Waals surface area contributed by atoms with Gasteiger partial charge in [0.1, 0.15) is 0 Å². The Morgan fingerprint density at radius 2 is 1.25 bits per heavy atom. The van der Waals surface area contributed by atoms with Gasteiger partial charge < -0.3 is 4.90 Å². The van der Waals surface area contributed by atoms with Gasteiger partial charge in [-0.2, -0.15) is 0 Å². The molecule has 1 aliphatic rings. The summed E-state index contributed by atoms with van der Waals surface area (Å²) < 4.78 is 0. The van der Waals surface area contributed by atoms with Crippen LogP contribution in [0.3, 0.4) is 0 Å². The van der Waals surface area contributed by atoms with Crippen molar-refractivity contribution in [2.75, 3.05) is 13.1 Å². The van der Waals surface area contributed by atoms with Gasteiger partial charge in [-0.05, 0) is 25.7 Å². The lowest BCUT2D eigenvalue weighted by molar-refractivity contribution is -0.132. The van der Waals surface area contributed by atoms with E-state index in [0.717, 1.165) is 25.9 Å². The summed E-state index contributed by atoms with van der Waals surface area (Å²) in [4.78, 5) is 14.0. The Morgan fingerprint density at radius 1 is 0.750 bits per heavy atom. The average Bonchev–Trinajstić information content (AvgIpc) is 2.50. The smallest absolute Gasteiger partial charge is 0.222 e. The van der Waals surface area contributed by atoms with Crippen molar-refractivity contribution in [1.82, 2.24) is 4.90 Å². The van der Waals surface area contributed by atoms with Crippen LogP contribution in [0.5, 0.6) is 0 Å². The van der Waals surface area contributed by atoms with Gasteiger partial charge in [-0.25, -0.2) is 0 Å². The summed E-state index contributed by atoms with van der Waals surface area (Å²) in [5.41, 5.74) is 0. The van der Waals surface area contributed by atoms with Crippen LogP contribution in [0.1, 0.15) is 96.8 Å². The third kappa shape index (κ3) is 8.60. The van der Waals surface area contributed by atoms with Crippen molar-refractivity contribution in [2.24, 2.45) is 0 Å². The predicted octanol–water partition coefficient (Wildman–Crippen LogP) is 5.31. The van der Waals surface area contributed by atoms with E-state index >= 15 is 0 Å². The van der Waals surface area contributed by atoms with Crippen molar-refractivity contribution < 1.29 is 4.79 Å². The van der Waals surface area contributed by atoms with E-state index in [9.17, 15) is 4.79 Å². The molecule has 0 unspecified atom stereocenters. The number of hydrogen-bond acceptors (Lipinski definition) is 1. The molecule has 1 saturated heterocycles. The van der Waals surface area contributed by atoms with Crippen LogP contribution in [-0.2, 0) is 4.79 Å². The molecule has 0 bridgehead atoms. The van der Waals surface area contributed by atoms with Gasteiger partial charge in [-0.15, -0.1) is 0 Å². The minimum atomic E-state index is 0.407. The monoisotopic (exact) mass is 281 g/mol.